The van der Waals surface area contributed by atoms with Gasteiger partial charge in [-0.25, -0.2) is 4.98 Å². The number of aromatic nitrogens is 1. The molecule has 2 aromatic rings. The largest absolute Gasteiger partial charge is 0.446 e. The summed E-state index contributed by atoms with van der Waals surface area (Å²) in [5.41, 5.74) is 6.53. The average molecular weight is 231 g/mol. The van der Waals surface area contributed by atoms with Crippen LogP contribution in [0.3, 0.4) is 0 Å². The summed E-state index contributed by atoms with van der Waals surface area (Å²) in [6.45, 7) is 1.74. The second kappa shape index (κ2) is 4.80. The molecule has 0 aliphatic carbocycles. The SMILES string of the molecule is CC(N)c1nc(C(=O)Nc2ccccc2)co1. The monoisotopic (exact) mass is 231 g/mol. The predicted molar refractivity (Wildman–Crippen MR) is 63.5 cm³/mol. The highest BCUT2D eigenvalue weighted by Crippen LogP contribution is 2.11. The van der Waals surface area contributed by atoms with E-state index in [2.05, 4.69) is 10.3 Å². The first-order valence-electron chi connectivity index (χ1n) is 5.24. The van der Waals surface area contributed by atoms with Crippen LogP contribution in [0.15, 0.2) is 41.0 Å². The lowest BCUT2D eigenvalue weighted by atomic mass is 10.3. The number of oxazole rings is 1. The molecule has 88 valence electrons. The topological polar surface area (TPSA) is 81.1 Å². The molecule has 1 heterocycles. The van der Waals surface area contributed by atoms with Crippen molar-refractivity contribution in [3.63, 3.8) is 0 Å². The van der Waals surface area contributed by atoms with Crippen molar-refractivity contribution in [1.29, 1.82) is 0 Å². The molecule has 1 amide bonds. The molecule has 0 spiro atoms. The Morgan fingerprint density at radius 1 is 1.41 bits per heavy atom. The number of nitrogens with one attached hydrogen (secondary N) is 1. The third-order valence-corrected chi connectivity index (χ3v) is 2.18. The summed E-state index contributed by atoms with van der Waals surface area (Å²) in [5, 5.41) is 2.71. The lowest BCUT2D eigenvalue weighted by Gasteiger charge is -2.01. The van der Waals surface area contributed by atoms with Gasteiger partial charge in [0.2, 0.25) is 5.89 Å². The van der Waals surface area contributed by atoms with E-state index >= 15 is 0 Å². The second-order valence-corrected chi connectivity index (χ2v) is 3.68. The molecule has 0 aliphatic heterocycles. The molecule has 0 aliphatic rings. The fourth-order valence-corrected chi connectivity index (χ4v) is 1.32. The zero-order chi connectivity index (χ0) is 12.3. The number of amides is 1. The Morgan fingerprint density at radius 3 is 2.71 bits per heavy atom. The van der Waals surface area contributed by atoms with Crippen LogP contribution < -0.4 is 11.1 Å². The third kappa shape index (κ3) is 2.70. The van der Waals surface area contributed by atoms with Crippen LogP contribution in [0.25, 0.3) is 0 Å². The zero-order valence-electron chi connectivity index (χ0n) is 9.38. The molecular formula is C12H13N3O2. The first-order valence-corrected chi connectivity index (χ1v) is 5.24. The average Bonchev–Trinajstić information content (AvgIpc) is 2.79. The summed E-state index contributed by atoms with van der Waals surface area (Å²) < 4.78 is 5.09. The number of benzene rings is 1. The van der Waals surface area contributed by atoms with Gasteiger partial charge in [0.25, 0.3) is 5.91 Å². The Balaban J connectivity index is 2.10. The van der Waals surface area contributed by atoms with E-state index in [-0.39, 0.29) is 17.6 Å². The van der Waals surface area contributed by atoms with Gasteiger partial charge in [0, 0.05) is 5.69 Å². The van der Waals surface area contributed by atoms with E-state index in [0.29, 0.717) is 11.6 Å². The van der Waals surface area contributed by atoms with Crippen molar-refractivity contribution < 1.29 is 9.21 Å². The predicted octanol–water partition coefficient (Wildman–Crippen LogP) is 1.95. The fraction of sp³-hybridized carbons (Fsp3) is 0.167. The maximum Gasteiger partial charge on any atom is 0.277 e. The third-order valence-electron chi connectivity index (χ3n) is 2.18. The van der Waals surface area contributed by atoms with E-state index in [1.54, 1.807) is 19.1 Å². The van der Waals surface area contributed by atoms with Crippen molar-refractivity contribution in [2.24, 2.45) is 5.73 Å². The van der Waals surface area contributed by atoms with E-state index in [1.807, 2.05) is 18.2 Å². The van der Waals surface area contributed by atoms with Gasteiger partial charge in [-0.15, -0.1) is 0 Å². The van der Waals surface area contributed by atoms with Gasteiger partial charge in [-0.2, -0.15) is 0 Å². The van der Waals surface area contributed by atoms with Gasteiger partial charge >= 0.3 is 0 Å². The Morgan fingerprint density at radius 2 is 2.12 bits per heavy atom. The van der Waals surface area contributed by atoms with Crippen molar-refractivity contribution in [3.05, 3.63) is 48.2 Å². The number of para-hydroxylation sites is 1. The molecule has 5 nitrogen and oxygen atoms in total. The quantitative estimate of drug-likeness (QED) is 0.845. The van der Waals surface area contributed by atoms with Crippen molar-refractivity contribution in [1.82, 2.24) is 4.98 Å². The second-order valence-electron chi connectivity index (χ2n) is 3.68. The minimum Gasteiger partial charge on any atom is -0.446 e. The highest BCUT2D eigenvalue weighted by molar-refractivity contribution is 6.02. The van der Waals surface area contributed by atoms with E-state index in [9.17, 15) is 4.79 Å². The van der Waals surface area contributed by atoms with Gasteiger partial charge in [0.15, 0.2) is 5.69 Å². The van der Waals surface area contributed by atoms with Crippen LogP contribution in [0, 0.1) is 0 Å². The summed E-state index contributed by atoms with van der Waals surface area (Å²) >= 11 is 0. The maximum atomic E-state index is 11.8. The van der Waals surface area contributed by atoms with E-state index in [0.717, 1.165) is 0 Å². The molecule has 0 radical (unpaired) electrons. The van der Waals surface area contributed by atoms with Gasteiger partial charge in [-0.3, -0.25) is 4.79 Å². The van der Waals surface area contributed by atoms with Gasteiger partial charge in [-0.05, 0) is 19.1 Å². The summed E-state index contributed by atoms with van der Waals surface area (Å²) in [6, 6.07) is 8.82. The first-order chi connectivity index (χ1) is 8.16. The minimum absolute atomic E-state index is 0.223. The van der Waals surface area contributed by atoms with Crippen LogP contribution in [-0.4, -0.2) is 10.9 Å². The first kappa shape index (κ1) is 11.3. The fourth-order valence-electron chi connectivity index (χ4n) is 1.32. The molecule has 5 heteroatoms. The number of nitrogens with zero attached hydrogens (tertiary/aromatic N) is 1. The van der Waals surface area contributed by atoms with Crippen LogP contribution in [0.1, 0.15) is 29.3 Å². The Hall–Kier alpha value is -2.14. The molecule has 17 heavy (non-hydrogen) atoms. The molecule has 0 fully saturated rings. The molecule has 0 saturated carbocycles. The van der Waals surface area contributed by atoms with Gasteiger partial charge in [0.1, 0.15) is 6.26 Å². The number of nitrogens with two attached hydrogens (primary N) is 1. The smallest absolute Gasteiger partial charge is 0.277 e. The van der Waals surface area contributed by atoms with Crippen molar-refractivity contribution >= 4 is 11.6 Å². The number of hydrogen-bond donors (Lipinski definition) is 2. The molecule has 3 N–H and O–H groups in total. The summed E-state index contributed by atoms with van der Waals surface area (Å²) in [7, 11) is 0. The molecular weight excluding hydrogens is 218 g/mol. The number of rotatable bonds is 3. The number of hydrogen-bond acceptors (Lipinski definition) is 4. The molecule has 1 unspecified atom stereocenters. The van der Waals surface area contributed by atoms with Crippen molar-refractivity contribution in [3.8, 4) is 0 Å². The maximum absolute atomic E-state index is 11.8. The van der Waals surface area contributed by atoms with Crippen molar-refractivity contribution in [2.75, 3.05) is 5.32 Å². The summed E-state index contributed by atoms with van der Waals surface area (Å²) in [6.07, 6.45) is 1.30. The summed E-state index contributed by atoms with van der Waals surface area (Å²) in [4.78, 5) is 15.8. The minimum atomic E-state index is -0.326. The molecule has 1 atom stereocenters. The number of anilines is 1. The van der Waals surface area contributed by atoms with Crippen molar-refractivity contribution in [2.45, 2.75) is 13.0 Å². The zero-order valence-corrected chi connectivity index (χ0v) is 9.38. The Kier molecular flexibility index (Phi) is 3.20. The van der Waals surface area contributed by atoms with E-state index in [4.69, 9.17) is 10.2 Å². The molecule has 1 aromatic heterocycles. The van der Waals surface area contributed by atoms with Crippen LogP contribution in [0.4, 0.5) is 5.69 Å². The summed E-state index contributed by atoms with van der Waals surface area (Å²) in [5.74, 6) is 0.0371. The molecule has 1 aromatic carbocycles. The highest BCUT2D eigenvalue weighted by Gasteiger charge is 2.14. The highest BCUT2D eigenvalue weighted by atomic mass is 16.3. The molecule has 0 bridgehead atoms. The van der Waals surface area contributed by atoms with Crippen LogP contribution in [-0.2, 0) is 0 Å². The van der Waals surface area contributed by atoms with Gasteiger partial charge < -0.3 is 15.5 Å². The number of carbonyl (C=O) groups is 1. The molecule has 2 rings (SSSR count). The Bertz CT molecular complexity index is 505. The Labute approximate surface area is 98.6 Å². The van der Waals surface area contributed by atoms with Gasteiger partial charge in [0.05, 0.1) is 6.04 Å². The van der Waals surface area contributed by atoms with Crippen LogP contribution in [0.2, 0.25) is 0 Å². The number of carbonyl (C=O) groups excluding carboxylic acids is 1. The van der Waals surface area contributed by atoms with Crippen LogP contribution in [0.5, 0.6) is 0 Å². The molecule has 0 saturated heterocycles. The van der Waals surface area contributed by atoms with Crippen LogP contribution >= 0.6 is 0 Å². The van der Waals surface area contributed by atoms with E-state index < -0.39 is 0 Å². The standard InChI is InChI=1S/C12H13N3O2/c1-8(13)12-15-10(7-17-12)11(16)14-9-5-3-2-4-6-9/h2-8H,13H2,1H3,(H,14,16). The lowest BCUT2D eigenvalue weighted by Crippen LogP contribution is -2.13. The van der Waals surface area contributed by atoms with E-state index in [1.165, 1.54) is 6.26 Å². The lowest BCUT2D eigenvalue weighted by molar-refractivity contribution is 0.102. The normalized spacial score (nSPS) is 12.1. The van der Waals surface area contributed by atoms with Gasteiger partial charge in [-0.1, -0.05) is 18.2 Å².